The Kier molecular flexibility index (Phi) is 8.70. The highest BCUT2D eigenvalue weighted by Crippen LogP contribution is 2.25. The van der Waals surface area contributed by atoms with Crippen molar-refractivity contribution >= 4 is 17.5 Å². The van der Waals surface area contributed by atoms with Crippen LogP contribution in [0.4, 0.5) is 10.1 Å². The van der Waals surface area contributed by atoms with Crippen LogP contribution >= 0.6 is 0 Å². The molecule has 1 aromatic heterocycles. The van der Waals surface area contributed by atoms with Crippen LogP contribution in [0.3, 0.4) is 0 Å². The first kappa shape index (κ1) is 27.2. The van der Waals surface area contributed by atoms with E-state index in [-0.39, 0.29) is 30.7 Å². The molecule has 0 bridgehead atoms. The third-order valence-electron chi connectivity index (χ3n) is 6.60. The number of likely N-dealkylation sites (N-methyl/N-ethyl adjacent to an activating group) is 2. The smallest absolute Gasteiger partial charge is 0.256 e. The SMILES string of the molecule is CCNCCN(CC(=O)N(C)N1Cc2ccc(F)cc2C1)C(=O)CNc1cc(-c2noc(C)n2)ccc1C. The zero-order valence-electron chi connectivity index (χ0n) is 22.3. The molecule has 0 atom stereocenters. The van der Waals surface area contributed by atoms with E-state index in [2.05, 4.69) is 20.8 Å². The van der Waals surface area contributed by atoms with E-state index >= 15 is 0 Å². The number of hydrogen-bond donors (Lipinski definition) is 2. The highest BCUT2D eigenvalue weighted by molar-refractivity contribution is 5.87. The van der Waals surface area contributed by atoms with E-state index in [1.165, 1.54) is 17.1 Å². The fourth-order valence-corrected chi connectivity index (χ4v) is 4.31. The summed E-state index contributed by atoms with van der Waals surface area (Å²) in [6.07, 6.45) is 0. The molecule has 4 rings (SSSR count). The van der Waals surface area contributed by atoms with E-state index in [9.17, 15) is 14.0 Å². The van der Waals surface area contributed by atoms with Gasteiger partial charge >= 0.3 is 0 Å². The molecule has 0 saturated heterocycles. The molecule has 0 aliphatic carbocycles. The van der Waals surface area contributed by atoms with Gasteiger partial charge in [0, 0.05) is 51.4 Å². The first-order valence-electron chi connectivity index (χ1n) is 12.7. The molecule has 1 aliphatic heterocycles. The summed E-state index contributed by atoms with van der Waals surface area (Å²) < 4.78 is 18.7. The zero-order valence-corrected chi connectivity index (χ0v) is 22.3. The predicted molar refractivity (Wildman–Crippen MR) is 141 cm³/mol. The molecule has 0 fully saturated rings. The number of aryl methyl sites for hydroxylation is 2. The number of aromatic nitrogens is 2. The van der Waals surface area contributed by atoms with Gasteiger partial charge in [0.15, 0.2) is 0 Å². The Morgan fingerprint density at radius 2 is 1.89 bits per heavy atom. The lowest BCUT2D eigenvalue weighted by Gasteiger charge is -2.31. The summed E-state index contributed by atoms with van der Waals surface area (Å²) in [6, 6.07) is 10.4. The first-order chi connectivity index (χ1) is 18.2. The average molecular weight is 524 g/mol. The van der Waals surface area contributed by atoms with Crippen molar-refractivity contribution in [1.29, 1.82) is 0 Å². The summed E-state index contributed by atoms with van der Waals surface area (Å²) in [5.41, 5.74) is 4.36. The number of anilines is 1. The van der Waals surface area contributed by atoms with Gasteiger partial charge in [-0.15, -0.1) is 0 Å². The van der Waals surface area contributed by atoms with E-state index in [1.807, 2.05) is 37.1 Å². The number of carbonyl (C=O) groups is 2. The number of nitrogens with one attached hydrogen (secondary N) is 2. The Labute approximate surface area is 221 Å². The second-order valence-electron chi connectivity index (χ2n) is 9.34. The molecule has 0 radical (unpaired) electrons. The lowest BCUT2D eigenvalue weighted by Crippen LogP contribution is -2.49. The monoisotopic (exact) mass is 523 g/mol. The maximum absolute atomic E-state index is 13.6. The minimum Gasteiger partial charge on any atom is -0.376 e. The molecule has 38 heavy (non-hydrogen) atoms. The molecule has 1 aliphatic rings. The number of halogens is 1. The van der Waals surface area contributed by atoms with Gasteiger partial charge in [-0.2, -0.15) is 4.98 Å². The van der Waals surface area contributed by atoms with Crippen LogP contribution in [0.15, 0.2) is 40.9 Å². The van der Waals surface area contributed by atoms with Crippen LogP contribution in [0.5, 0.6) is 0 Å². The number of amides is 2. The van der Waals surface area contributed by atoms with Crippen molar-refractivity contribution in [3.8, 4) is 11.4 Å². The minimum atomic E-state index is -0.291. The number of benzene rings is 2. The van der Waals surface area contributed by atoms with E-state index < -0.39 is 0 Å². The van der Waals surface area contributed by atoms with Crippen molar-refractivity contribution in [2.45, 2.75) is 33.9 Å². The van der Waals surface area contributed by atoms with Crippen molar-refractivity contribution in [3.05, 3.63) is 64.8 Å². The van der Waals surface area contributed by atoms with Crippen LogP contribution in [0, 0.1) is 19.7 Å². The number of nitrogens with zero attached hydrogens (tertiary/aromatic N) is 5. The summed E-state index contributed by atoms with van der Waals surface area (Å²) in [6.45, 7) is 8.29. The van der Waals surface area contributed by atoms with E-state index in [0.717, 1.165) is 34.5 Å². The van der Waals surface area contributed by atoms with Gasteiger partial charge < -0.3 is 20.1 Å². The molecule has 0 unspecified atom stereocenters. The molecule has 0 spiro atoms. The van der Waals surface area contributed by atoms with Gasteiger partial charge in [-0.25, -0.2) is 9.40 Å². The van der Waals surface area contributed by atoms with Crippen molar-refractivity contribution in [1.82, 2.24) is 30.4 Å². The molecule has 2 aromatic carbocycles. The van der Waals surface area contributed by atoms with Gasteiger partial charge in [-0.05, 0) is 48.4 Å². The molecule has 2 N–H and O–H groups in total. The van der Waals surface area contributed by atoms with Gasteiger partial charge in [-0.3, -0.25) is 14.6 Å². The molecule has 2 amide bonds. The fraction of sp³-hybridized carbons (Fsp3) is 0.407. The number of hydrazine groups is 1. The third-order valence-corrected chi connectivity index (χ3v) is 6.60. The second-order valence-corrected chi connectivity index (χ2v) is 9.34. The predicted octanol–water partition coefficient (Wildman–Crippen LogP) is 2.73. The molecule has 0 saturated carbocycles. The van der Waals surface area contributed by atoms with E-state index in [1.54, 1.807) is 24.9 Å². The van der Waals surface area contributed by atoms with Crippen molar-refractivity contribution in [3.63, 3.8) is 0 Å². The summed E-state index contributed by atoms with van der Waals surface area (Å²) in [5, 5.41) is 13.8. The minimum absolute atomic E-state index is 0.0209. The van der Waals surface area contributed by atoms with Crippen molar-refractivity contribution < 1.29 is 18.5 Å². The molecule has 10 nitrogen and oxygen atoms in total. The van der Waals surface area contributed by atoms with Gasteiger partial charge in [0.05, 0.1) is 6.54 Å². The van der Waals surface area contributed by atoms with Gasteiger partial charge in [-0.1, -0.05) is 30.3 Å². The summed E-state index contributed by atoms with van der Waals surface area (Å²) in [7, 11) is 1.68. The quantitative estimate of drug-likeness (QED) is 0.370. The summed E-state index contributed by atoms with van der Waals surface area (Å²) in [4.78, 5) is 32.2. The lowest BCUT2D eigenvalue weighted by molar-refractivity contribution is -0.151. The molecule has 202 valence electrons. The number of hydrogen-bond acceptors (Lipinski definition) is 8. The third kappa shape index (κ3) is 6.53. The Hall–Kier alpha value is -3.83. The standard InChI is InChI=1S/C27H34FN7O3/c1-5-29-10-11-34(17-26(37)33(4)35-15-21-8-9-23(28)12-22(21)16-35)25(36)14-30-24-13-20(7-6-18(24)2)27-31-19(3)38-32-27/h6-9,12-13,29-30H,5,10-11,14-17H2,1-4H3. The summed E-state index contributed by atoms with van der Waals surface area (Å²) >= 11 is 0. The van der Waals surface area contributed by atoms with Crippen molar-refractivity contribution in [2.75, 3.05) is 45.1 Å². The van der Waals surface area contributed by atoms with Crippen LogP contribution in [-0.4, -0.2) is 76.6 Å². The normalized spacial score (nSPS) is 12.9. The van der Waals surface area contributed by atoms with Crippen LogP contribution in [-0.2, 0) is 22.7 Å². The Bertz CT molecular complexity index is 1300. The molecule has 3 aromatic rings. The van der Waals surface area contributed by atoms with Crippen LogP contribution < -0.4 is 10.6 Å². The van der Waals surface area contributed by atoms with E-state index in [0.29, 0.717) is 37.9 Å². The molecular formula is C27H34FN7O3. The Morgan fingerprint density at radius 3 is 2.63 bits per heavy atom. The lowest BCUT2D eigenvalue weighted by atomic mass is 10.1. The first-order valence-corrected chi connectivity index (χ1v) is 12.7. The van der Waals surface area contributed by atoms with Crippen LogP contribution in [0.25, 0.3) is 11.4 Å². The Balaban J connectivity index is 1.39. The summed E-state index contributed by atoms with van der Waals surface area (Å²) in [5.74, 6) is 0.247. The van der Waals surface area contributed by atoms with E-state index in [4.69, 9.17) is 4.52 Å². The number of rotatable bonds is 11. The van der Waals surface area contributed by atoms with Crippen LogP contribution in [0.1, 0.15) is 29.5 Å². The highest BCUT2D eigenvalue weighted by atomic mass is 19.1. The zero-order chi connectivity index (χ0) is 27.2. The largest absolute Gasteiger partial charge is 0.376 e. The fourth-order valence-electron chi connectivity index (χ4n) is 4.31. The van der Waals surface area contributed by atoms with Crippen molar-refractivity contribution in [2.24, 2.45) is 0 Å². The molecule has 11 heteroatoms. The maximum Gasteiger partial charge on any atom is 0.256 e. The second kappa shape index (κ2) is 12.1. The topological polar surface area (TPSA) is 107 Å². The number of fused-ring (bicyclic) bond motifs is 1. The maximum atomic E-state index is 13.6. The van der Waals surface area contributed by atoms with Gasteiger partial charge in [0.2, 0.25) is 17.6 Å². The average Bonchev–Trinajstić information content (AvgIpc) is 3.52. The highest BCUT2D eigenvalue weighted by Gasteiger charge is 2.27. The van der Waals surface area contributed by atoms with Gasteiger partial charge in [0.25, 0.3) is 5.91 Å². The molecular weight excluding hydrogens is 489 g/mol. The number of carbonyl (C=O) groups excluding carboxylic acids is 2. The Morgan fingerprint density at radius 1 is 1.11 bits per heavy atom. The van der Waals surface area contributed by atoms with Crippen LogP contribution in [0.2, 0.25) is 0 Å². The molecule has 2 heterocycles. The van der Waals surface area contributed by atoms with Gasteiger partial charge in [0.1, 0.15) is 12.4 Å².